The number of carbonyl (C=O) groups excluding carboxylic acids is 1. The number of anilines is 2. The molecule has 1 amide bonds. The molecule has 0 unspecified atom stereocenters. The van der Waals surface area contributed by atoms with E-state index in [1.165, 1.54) is 12.1 Å². The van der Waals surface area contributed by atoms with Crippen LogP contribution in [0.4, 0.5) is 16.2 Å². The number of nitrogens with one attached hydrogen (secondary N) is 1. The zero-order valence-electron chi connectivity index (χ0n) is 13.6. The second-order valence-corrected chi connectivity index (χ2v) is 5.51. The van der Waals surface area contributed by atoms with Gasteiger partial charge in [0.25, 0.3) is 0 Å². The van der Waals surface area contributed by atoms with E-state index >= 15 is 0 Å². The lowest BCUT2D eigenvalue weighted by Gasteiger charge is -2.13. The Balaban J connectivity index is 1.77. The summed E-state index contributed by atoms with van der Waals surface area (Å²) in [5.74, 6) is -0.991. The zero-order valence-corrected chi connectivity index (χ0v) is 13.6. The van der Waals surface area contributed by atoms with E-state index in [4.69, 9.17) is 9.84 Å². The van der Waals surface area contributed by atoms with Crippen molar-refractivity contribution >= 4 is 29.1 Å². The molecule has 25 heavy (non-hydrogen) atoms. The lowest BCUT2D eigenvalue weighted by Crippen LogP contribution is -2.23. The minimum atomic E-state index is -0.991. The average Bonchev–Trinajstić information content (AvgIpc) is 3.06. The number of carbonyl (C=O) groups is 2. The molecule has 128 valence electrons. The molecule has 0 aliphatic carbocycles. The summed E-state index contributed by atoms with van der Waals surface area (Å²) >= 11 is 0. The maximum atomic E-state index is 11.7. The van der Waals surface area contributed by atoms with Gasteiger partial charge in [0, 0.05) is 5.69 Å². The SMILES string of the molecule is C/C(=N\Nc1cccc(C(=O)O)c1)c1cccc(N2CCOC2=O)c1. The topological polar surface area (TPSA) is 91.2 Å². The first-order valence-electron chi connectivity index (χ1n) is 7.73. The van der Waals surface area contributed by atoms with Crippen LogP contribution in [0, 0.1) is 0 Å². The number of nitrogens with zero attached hydrogens (tertiary/aromatic N) is 2. The number of hydrazone groups is 1. The highest BCUT2D eigenvalue weighted by Gasteiger charge is 2.23. The van der Waals surface area contributed by atoms with Crippen molar-refractivity contribution in [2.24, 2.45) is 5.10 Å². The van der Waals surface area contributed by atoms with Crippen molar-refractivity contribution in [1.29, 1.82) is 0 Å². The van der Waals surface area contributed by atoms with Crippen molar-refractivity contribution in [3.05, 3.63) is 59.7 Å². The summed E-state index contributed by atoms with van der Waals surface area (Å²) in [6.45, 7) is 2.74. The lowest BCUT2D eigenvalue weighted by atomic mass is 10.1. The van der Waals surface area contributed by atoms with Gasteiger partial charge in [-0.05, 0) is 42.8 Å². The molecule has 1 aliphatic heterocycles. The average molecular weight is 339 g/mol. The largest absolute Gasteiger partial charge is 0.478 e. The van der Waals surface area contributed by atoms with Crippen LogP contribution in [0.25, 0.3) is 0 Å². The molecule has 0 bridgehead atoms. The minimum absolute atomic E-state index is 0.187. The first-order valence-corrected chi connectivity index (χ1v) is 7.73. The van der Waals surface area contributed by atoms with Gasteiger partial charge in [0.05, 0.1) is 23.5 Å². The van der Waals surface area contributed by atoms with Gasteiger partial charge in [0.1, 0.15) is 6.61 Å². The molecule has 1 heterocycles. The monoisotopic (exact) mass is 339 g/mol. The van der Waals surface area contributed by atoms with Crippen molar-refractivity contribution in [2.75, 3.05) is 23.5 Å². The van der Waals surface area contributed by atoms with E-state index in [9.17, 15) is 9.59 Å². The number of ether oxygens (including phenoxy) is 1. The second kappa shape index (κ2) is 7.04. The van der Waals surface area contributed by atoms with Crippen molar-refractivity contribution in [3.63, 3.8) is 0 Å². The van der Waals surface area contributed by atoms with E-state index in [2.05, 4.69) is 10.5 Å². The summed E-state index contributed by atoms with van der Waals surface area (Å²) in [5.41, 5.74) is 5.93. The Hall–Kier alpha value is -3.35. The molecule has 2 aromatic carbocycles. The number of carboxylic acids is 1. The molecule has 0 saturated carbocycles. The molecule has 0 atom stereocenters. The number of carboxylic acid groups (broad SMARTS) is 1. The minimum Gasteiger partial charge on any atom is -0.478 e. The predicted molar refractivity (Wildman–Crippen MR) is 94.4 cm³/mol. The summed E-state index contributed by atoms with van der Waals surface area (Å²) in [5, 5.41) is 13.3. The van der Waals surface area contributed by atoms with Crippen LogP contribution in [0.5, 0.6) is 0 Å². The zero-order chi connectivity index (χ0) is 17.8. The third-order valence-electron chi connectivity index (χ3n) is 3.80. The van der Waals surface area contributed by atoms with Crippen molar-refractivity contribution in [1.82, 2.24) is 0 Å². The Morgan fingerprint density at radius 3 is 2.68 bits per heavy atom. The molecule has 0 radical (unpaired) electrons. The van der Waals surface area contributed by atoms with Crippen LogP contribution in [-0.2, 0) is 4.74 Å². The number of hydrogen-bond donors (Lipinski definition) is 2. The highest BCUT2D eigenvalue weighted by atomic mass is 16.6. The quantitative estimate of drug-likeness (QED) is 0.645. The van der Waals surface area contributed by atoms with Crippen molar-refractivity contribution in [2.45, 2.75) is 6.92 Å². The standard InChI is InChI=1S/C18H17N3O4/c1-12(19-20-15-6-2-5-14(10-15)17(22)23)13-4-3-7-16(11-13)21-8-9-25-18(21)24/h2-7,10-11,20H,8-9H2,1H3,(H,22,23)/b19-12+. The Labute approximate surface area is 144 Å². The van der Waals surface area contributed by atoms with Gasteiger partial charge < -0.3 is 9.84 Å². The highest BCUT2D eigenvalue weighted by molar-refractivity contribution is 6.01. The van der Waals surface area contributed by atoms with E-state index in [0.717, 1.165) is 11.3 Å². The van der Waals surface area contributed by atoms with E-state index in [1.54, 1.807) is 17.0 Å². The van der Waals surface area contributed by atoms with E-state index in [0.29, 0.717) is 24.6 Å². The van der Waals surface area contributed by atoms with Crippen molar-refractivity contribution < 1.29 is 19.4 Å². The molecule has 1 saturated heterocycles. The lowest BCUT2D eigenvalue weighted by molar-refractivity contribution is 0.0697. The number of cyclic esters (lactones) is 1. The third-order valence-corrected chi connectivity index (χ3v) is 3.80. The predicted octanol–water partition coefficient (Wildman–Crippen LogP) is 3.18. The fourth-order valence-corrected chi connectivity index (χ4v) is 2.46. The molecule has 0 spiro atoms. The summed E-state index contributed by atoms with van der Waals surface area (Å²) in [6.07, 6.45) is -0.352. The van der Waals surface area contributed by atoms with Gasteiger partial charge in [-0.2, -0.15) is 5.10 Å². The molecule has 2 aromatic rings. The third kappa shape index (κ3) is 3.77. The number of amides is 1. The highest BCUT2D eigenvalue weighted by Crippen LogP contribution is 2.20. The van der Waals surface area contributed by atoms with Gasteiger partial charge in [0.2, 0.25) is 0 Å². The maximum absolute atomic E-state index is 11.7. The van der Waals surface area contributed by atoms with Crippen LogP contribution in [-0.4, -0.2) is 36.0 Å². The smallest absolute Gasteiger partial charge is 0.414 e. The van der Waals surface area contributed by atoms with E-state index < -0.39 is 5.97 Å². The van der Waals surface area contributed by atoms with Crippen LogP contribution < -0.4 is 10.3 Å². The number of hydrogen-bond acceptors (Lipinski definition) is 5. The van der Waals surface area contributed by atoms with Crippen LogP contribution >= 0.6 is 0 Å². The molecule has 7 heteroatoms. The Morgan fingerprint density at radius 1 is 1.20 bits per heavy atom. The molecule has 2 N–H and O–H groups in total. The van der Waals surface area contributed by atoms with Crippen LogP contribution in [0.15, 0.2) is 53.6 Å². The fraction of sp³-hybridized carbons (Fsp3) is 0.167. The molecular formula is C18H17N3O4. The van der Waals surface area contributed by atoms with Gasteiger partial charge in [-0.1, -0.05) is 18.2 Å². The Morgan fingerprint density at radius 2 is 1.96 bits per heavy atom. The van der Waals surface area contributed by atoms with Crippen LogP contribution in [0.1, 0.15) is 22.8 Å². The van der Waals surface area contributed by atoms with Crippen LogP contribution in [0.3, 0.4) is 0 Å². The first-order chi connectivity index (χ1) is 12.0. The normalized spacial score (nSPS) is 14.4. The van der Waals surface area contributed by atoms with Crippen molar-refractivity contribution in [3.8, 4) is 0 Å². The Kier molecular flexibility index (Phi) is 4.65. The van der Waals surface area contributed by atoms with E-state index in [1.807, 2.05) is 31.2 Å². The maximum Gasteiger partial charge on any atom is 0.414 e. The van der Waals surface area contributed by atoms with Gasteiger partial charge >= 0.3 is 12.1 Å². The molecule has 3 rings (SSSR count). The van der Waals surface area contributed by atoms with Gasteiger partial charge in [0.15, 0.2) is 0 Å². The molecule has 1 fully saturated rings. The Bertz CT molecular complexity index is 848. The first kappa shape index (κ1) is 16.5. The summed E-state index contributed by atoms with van der Waals surface area (Å²) in [4.78, 5) is 24.2. The number of rotatable bonds is 5. The number of benzene rings is 2. The second-order valence-electron chi connectivity index (χ2n) is 5.51. The van der Waals surface area contributed by atoms with Crippen LogP contribution in [0.2, 0.25) is 0 Å². The summed E-state index contributed by atoms with van der Waals surface area (Å²) < 4.78 is 4.95. The van der Waals surface area contributed by atoms with Gasteiger partial charge in [-0.25, -0.2) is 9.59 Å². The molecule has 0 aromatic heterocycles. The van der Waals surface area contributed by atoms with Gasteiger partial charge in [-0.15, -0.1) is 0 Å². The molecule has 1 aliphatic rings. The molecule has 7 nitrogen and oxygen atoms in total. The summed E-state index contributed by atoms with van der Waals surface area (Å²) in [7, 11) is 0. The van der Waals surface area contributed by atoms with Gasteiger partial charge in [-0.3, -0.25) is 10.3 Å². The number of aromatic carboxylic acids is 1. The fourth-order valence-electron chi connectivity index (χ4n) is 2.46. The van der Waals surface area contributed by atoms with E-state index in [-0.39, 0.29) is 11.7 Å². The summed E-state index contributed by atoms with van der Waals surface area (Å²) in [6, 6.07) is 13.8. The molecular weight excluding hydrogens is 322 g/mol.